The van der Waals surface area contributed by atoms with E-state index < -0.39 is 0 Å². The fraction of sp³-hybridized carbons (Fsp3) is 0.300. The second-order valence-corrected chi connectivity index (χ2v) is 6.70. The first-order valence-electron chi connectivity index (χ1n) is 8.25. The molecule has 0 aliphatic carbocycles. The average Bonchev–Trinajstić information content (AvgIpc) is 2.54. The number of carbonyl (C=O) groups is 2. The summed E-state index contributed by atoms with van der Waals surface area (Å²) in [5.41, 5.74) is 1.27. The van der Waals surface area contributed by atoms with Crippen molar-refractivity contribution < 1.29 is 14.3 Å². The highest BCUT2D eigenvalue weighted by molar-refractivity contribution is 6.05. The third-order valence-electron chi connectivity index (χ3n) is 3.30. The zero-order chi connectivity index (χ0) is 18.4. The van der Waals surface area contributed by atoms with Crippen molar-refractivity contribution in [3.63, 3.8) is 0 Å². The number of benzene rings is 2. The smallest absolute Gasteiger partial charge is 0.255 e. The highest BCUT2D eigenvalue weighted by Crippen LogP contribution is 2.16. The maximum Gasteiger partial charge on any atom is 0.255 e. The predicted molar refractivity (Wildman–Crippen MR) is 99.2 cm³/mol. The molecule has 0 unspecified atom stereocenters. The molecular formula is C20H24N2O3. The van der Waals surface area contributed by atoms with Crippen LogP contribution in [0.5, 0.6) is 5.75 Å². The van der Waals surface area contributed by atoms with Crippen LogP contribution in [0.3, 0.4) is 0 Å². The number of nitrogens with one attached hydrogen (secondary N) is 2. The van der Waals surface area contributed by atoms with Crippen LogP contribution in [0.1, 0.15) is 48.4 Å². The Morgan fingerprint density at radius 1 is 0.960 bits per heavy atom. The highest BCUT2D eigenvalue weighted by atomic mass is 16.5. The van der Waals surface area contributed by atoms with Crippen molar-refractivity contribution in [1.82, 2.24) is 5.32 Å². The lowest BCUT2D eigenvalue weighted by Gasteiger charge is -2.20. The van der Waals surface area contributed by atoms with Crippen LogP contribution < -0.4 is 15.4 Å². The van der Waals surface area contributed by atoms with Crippen LogP contribution in [0.4, 0.5) is 5.69 Å². The molecule has 25 heavy (non-hydrogen) atoms. The summed E-state index contributed by atoms with van der Waals surface area (Å²) >= 11 is 0. The van der Waals surface area contributed by atoms with Gasteiger partial charge in [-0.3, -0.25) is 9.59 Å². The minimum absolute atomic E-state index is 0.176. The van der Waals surface area contributed by atoms with Crippen molar-refractivity contribution >= 4 is 17.5 Å². The van der Waals surface area contributed by atoms with Gasteiger partial charge in [-0.25, -0.2) is 0 Å². The first-order chi connectivity index (χ1) is 11.8. The maximum atomic E-state index is 12.3. The highest BCUT2D eigenvalue weighted by Gasteiger charge is 2.16. The summed E-state index contributed by atoms with van der Waals surface area (Å²) in [6.45, 7) is 8.24. The Labute approximate surface area is 148 Å². The van der Waals surface area contributed by atoms with Crippen molar-refractivity contribution in [2.24, 2.45) is 0 Å². The van der Waals surface area contributed by atoms with E-state index in [1.54, 1.807) is 48.5 Å². The monoisotopic (exact) mass is 340 g/mol. The number of carbonyl (C=O) groups excluding carboxylic acids is 2. The standard InChI is InChI=1S/C20H24N2O3/c1-5-25-17-11-9-14(10-12-17)18(23)21-16-8-6-7-15(13-16)19(24)22-20(2,3)4/h6-13H,5H2,1-4H3,(H,21,23)(H,22,24). The van der Waals surface area contributed by atoms with E-state index in [1.807, 2.05) is 27.7 Å². The molecule has 2 aromatic carbocycles. The van der Waals surface area contributed by atoms with Gasteiger partial charge in [0.2, 0.25) is 0 Å². The summed E-state index contributed by atoms with van der Waals surface area (Å²) < 4.78 is 5.36. The Kier molecular flexibility index (Phi) is 5.80. The van der Waals surface area contributed by atoms with E-state index in [0.29, 0.717) is 23.4 Å². The van der Waals surface area contributed by atoms with Crippen molar-refractivity contribution in [3.8, 4) is 5.75 Å². The third kappa shape index (κ3) is 5.64. The first kappa shape index (κ1) is 18.5. The zero-order valence-electron chi connectivity index (χ0n) is 15.1. The van der Waals surface area contributed by atoms with Gasteiger partial charge in [-0.05, 0) is 70.2 Å². The van der Waals surface area contributed by atoms with E-state index in [1.165, 1.54) is 0 Å². The Morgan fingerprint density at radius 2 is 1.64 bits per heavy atom. The SMILES string of the molecule is CCOc1ccc(C(=O)Nc2cccc(C(=O)NC(C)(C)C)c2)cc1. The van der Waals surface area contributed by atoms with Crippen molar-refractivity contribution in [2.75, 3.05) is 11.9 Å². The van der Waals surface area contributed by atoms with Gasteiger partial charge >= 0.3 is 0 Å². The van der Waals surface area contributed by atoms with Gasteiger partial charge in [-0.2, -0.15) is 0 Å². The Hall–Kier alpha value is -2.82. The molecule has 2 amide bonds. The lowest BCUT2D eigenvalue weighted by atomic mass is 10.1. The lowest BCUT2D eigenvalue weighted by molar-refractivity contribution is 0.0918. The second-order valence-electron chi connectivity index (χ2n) is 6.70. The fourth-order valence-corrected chi connectivity index (χ4v) is 2.22. The molecule has 132 valence electrons. The van der Waals surface area contributed by atoms with Crippen LogP contribution in [0, 0.1) is 0 Å². The summed E-state index contributed by atoms with van der Waals surface area (Å²) in [4.78, 5) is 24.6. The number of hydrogen-bond acceptors (Lipinski definition) is 3. The minimum atomic E-state index is -0.321. The molecule has 0 aliphatic rings. The van der Waals surface area contributed by atoms with Gasteiger partial charge in [-0.15, -0.1) is 0 Å². The fourth-order valence-electron chi connectivity index (χ4n) is 2.22. The first-order valence-corrected chi connectivity index (χ1v) is 8.25. The molecule has 5 nitrogen and oxygen atoms in total. The van der Waals surface area contributed by atoms with Crippen LogP contribution in [0.25, 0.3) is 0 Å². The molecule has 5 heteroatoms. The molecule has 0 saturated carbocycles. The molecule has 0 fully saturated rings. The summed E-state index contributed by atoms with van der Waals surface area (Å²) in [5.74, 6) is 0.306. The number of anilines is 1. The summed E-state index contributed by atoms with van der Waals surface area (Å²) in [6.07, 6.45) is 0. The molecule has 0 spiro atoms. The van der Waals surface area contributed by atoms with Crippen LogP contribution in [0.15, 0.2) is 48.5 Å². The largest absolute Gasteiger partial charge is 0.494 e. The molecule has 2 rings (SSSR count). The molecular weight excluding hydrogens is 316 g/mol. The van der Waals surface area contributed by atoms with Gasteiger partial charge in [0.1, 0.15) is 5.75 Å². The maximum absolute atomic E-state index is 12.3. The lowest BCUT2D eigenvalue weighted by Crippen LogP contribution is -2.40. The Balaban J connectivity index is 2.08. The molecule has 2 aromatic rings. The van der Waals surface area contributed by atoms with Crippen molar-refractivity contribution in [3.05, 3.63) is 59.7 Å². The third-order valence-corrected chi connectivity index (χ3v) is 3.30. The molecule has 0 aliphatic heterocycles. The van der Waals surface area contributed by atoms with E-state index in [2.05, 4.69) is 10.6 Å². The van der Waals surface area contributed by atoms with Gasteiger partial charge < -0.3 is 15.4 Å². The van der Waals surface area contributed by atoms with E-state index >= 15 is 0 Å². The van der Waals surface area contributed by atoms with Gasteiger partial charge in [0.05, 0.1) is 6.61 Å². The van der Waals surface area contributed by atoms with Crippen molar-refractivity contribution in [1.29, 1.82) is 0 Å². The summed E-state index contributed by atoms with van der Waals surface area (Å²) in [6, 6.07) is 13.8. The molecule has 0 radical (unpaired) electrons. The Bertz CT molecular complexity index is 746. The molecule has 0 bridgehead atoms. The number of ether oxygens (including phenoxy) is 1. The van der Waals surface area contributed by atoms with E-state index in [-0.39, 0.29) is 17.4 Å². The molecule has 0 atom stereocenters. The van der Waals surface area contributed by atoms with Crippen molar-refractivity contribution in [2.45, 2.75) is 33.2 Å². The molecule has 0 heterocycles. The Morgan fingerprint density at radius 3 is 2.24 bits per heavy atom. The summed E-state index contributed by atoms with van der Waals surface area (Å²) in [5, 5.41) is 5.71. The topological polar surface area (TPSA) is 67.4 Å². The van der Waals surface area contributed by atoms with Crippen LogP contribution in [-0.4, -0.2) is 24.0 Å². The minimum Gasteiger partial charge on any atom is -0.494 e. The molecule has 0 saturated heterocycles. The zero-order valence-corrected chi connectivity index (χ0v) is 15.1. The van der Waals surface area contributed by atoms with Crippen LogP contribution in [-0.2, 0) is 0 Å². The van der Waals surface area contributed by atoms with E-state index in [0.717, 1.165) is 5.75 Å². The molecule has 0 aromatic heterocycles. The van der Waals surface area contributed by atoms with E-state index in [4.69, 9.17) is 4.74 Å². The van der Waals surface area contributed by atoms with Crippen LogP contribution in [0.2, 0.25) is 0 Å². The number of rotatable bonds is 5. The molecule has 2 N–H and O–H groups in total. The van der Waals surface area contributed by atoms with Gasteiger partial charge in [0.25, 0.3) is 11.8 Å². The second kappa shape index (κ2) is 7.83. The number of hydrogen-bond donors (Lipinski definition) is 2. The quantitative estimate of drug-likeness (QED) is 0.868. The van der Waals surface area contributed by atoms with Crippen LogP contribution >= 0.6 is 0 Å². The van der Waals surface area contributed by atoms with Gasteiger partial charge in [-0.1, -0.05) is 6.07 Å². The summed E-state index contributed by atoms with van der Waals surface area (Å²) in [7, 11) is 0. The van der Waals surface area contributed by atoms with Gasteiger partial charge in [0, 0.05) is 22.4 Å². The normalized spacial score (nSPS) is 10.9. The average molecular weight is 340 g/mol. The number of amides is 2. The predicted octanol–water partition coefficient (Wildman–Crippen LogP) is 3.87. The van der Waals surface area contributed by atoms with E-state index in [9.17, 15) is 9.59 Å². The van der Waals surface area contributed by atoms with Gasteiger partial charge in [0.15, 0.2) is 0 Å².